The van der Waals surface area contributed by atoms with Crippen LogP contribution in [0.3, 0.4) is 0 Å². The molecule has 29 heavy (non-hydrogen) atoms. The lowest BCUT2D eigenvalue weighted by molar-refractivity contribution is -0.123. The summed E-state index contributed by atoms with van der Waals surface area (Å²) in [6.07, 6.45) is 8.46. The Kier molecular flexibility index (Phi) is 5.51. The van der Waals surface area contributed by atoms with Gasteiger partial charge in [-0.05, 0) is 62.3 Å². The Bertz CT molecular complexity index is 1140. The number of nitrogens with zero attached hydrogens (tertiary/aromatic N) is 3. The molecule has 2 aromatic rings. The van der Waals surface area contributed by atoms with E-state index in [1.54, 1.807) is 32.1 Å². The second kappa shape index (κ2) is 8.08. The molecular weight excluding hydrogens is 410 g/mol. The number of carbonyl (C=O) groups is 3. The normalized spacial score (nSPS) is 17.6. The van der Waals surface area contributed by atoms with Gasteiger partial charge in [-0.15, -0.1) is 0 Å². The summed E-state index contributed by atoms with van der Waals surface area (Å²) < 4.78 is 7.70. The van der Waals surface area contributed by atoms with Crippen molar-refractivity contribution in [3.63, 3.8) is 0 Å². The molecule has 0 radical (unpaired) electrons. The number of fused-ring (bicyclic) bond motifs is 1. The highest BCUT2D eigenvalue weighted by Gasteiger charge is 2.36. The summed E-state index contributed by atoms with van der Waals surface area (Å²) in [5.74, 6) is 0.180. The quantitative estimate of drug-likeness (QED) is 0.515. The first kappa shape index (κ1) is 19.8. The van der Waals surface area contributed by atoms with E-state index in [4.69, 9.17) is 4.42 Å². The van der Waals surface area contributed by atoms with Crippen LogP contribution >= 0.6 is 23.5 Å². The second-order valence-corrected chi connectivity index (χ2v) is 8.80. The van der Waals surface area contributed by atoms with Crippen molar-refractivity contribution in [1.29, 1.82) is 0 Å². The van der Waals surface area contributed by atoms with Crippen molar-refractivity contribution in [2.24, 2.45) is 0 Å². The summed E-state index contributed by atoms with van der Waals surface area (Å²) in [4.78, 5) is 41.7. The monoisotopic (exact) mass is 429 g/mol. The summed E-state index contributed by atoms with van der Waals surface area (Å²) in [6.45, 7) is 3.83. The predicted octanol–water partition coefficient (Wildman–Crippen LogP) is 2.63. The van der Waals surface area contributed by atoms with Crippen molar-refractivity contribution < 1.29 is 18.8 Å². The molecule has 9 heteroatoms. The number of thioether (sulfide) groups is 1. The fourth-order valence-corrected chi connectivity index (χ4v) is 5.03. The number of aldehydes is 1. The molecule has 0 unspecified atom stereocenters. The number of hydrogen-bond donors (Lipinski definition) is 0. The Morgan fingerprint density at radius 1 is 1.28 bits per heavy atom. The zero-order chi connectivity index (χ0) is 20.5. The maximum absolute atomic E-state index is 12.4. The van der Waals surface area contributed by atoms with Crippen LogP contribution in [0.5, 0.6) is 0 Å². The predicted molar refractivity (Wildman–Crippen MR) is 111 cm³/mol. The van der Waals surface area contributed by atoms with Crippen LogP contribution < -0.4 is 10.7 Å². The average Bonchev–Trinajstić information content (AvgIpc) is 3.33. The number of furan rings is 1. The van der Waals surface area contributed by atoms with Crippen molar-refractivity contribution >= 4 is 59.2 Å². The SMILES string of the molecule is CC(C)N1C(=O)S/C(=C\c2ccc(Sc3nc4c(n3CC=O)=CCCC=4)o2)C1=O. The van der Waals surface area contributed by atoms with Crippen LogP contribution in [0.1, 0.15) is 32.4 Å². The molecule has 0 aromatic carbocycles. The zero-order valence-corrected chi connectivity index (χ0v) is 17.6. The van der Waals surface area contributed by atoms with Crippen molar-refractivity contribution in [2.75, 3.05) is 0 Å². The summed E-state index contributed by atoms with van der Waals surface area (Å²) in [7, 11) is 0. The molecule has 2 aliphatic rings. The van der Waals surface area contributed by atoms with Crippen LogP contribution in [0, 0.1) is 0 Å². The number of rotatable bonds is 6. The van der Waals surface area contributed by atoms with E-state index in [2.05, 4.69) is 17.1 Å². The Hall–Kier alpha value is -2.52. The Balaban J connectivity index is 1.59. The van der Waals surface area contributed by atoms with Gasteiger partial charge in [0.1, 0.15) is 12.0 Å². The number of carbonyl (C=O) groups excluding carboxylic acids is 3. The zero-order valence-electron chi connectivity index (χ0n) is 16.0. The van der Waals surface area contributed by atoms with Crippen LogP contribution in [0.25, 0.3) is 18.2 Å². The van der Waals surface area contributed by atoms with Crippen molar-refractivity contribution in [2.45, 2.75) is 49.5 Å². The van der Waals surface area contributed by atoms with Crippen LogP contribution in [0.4, 0.5) is 4.79 Å². The molecule has 4 rings (SSSR count). The molecule has 0 bridgehead atoms. The molecule has 1 fully saturated rings. The minimum atomic E-state index is -0.305. The Morgan fingerprint density at radius 3 is 2.79 bits per heavy atom. The molecule has 150 valence electrons. The molecule has 1 aliphatic heterocycles. The molecule has 0 atom stereocenters. The minimum Gasteiger partial charge on any atom is -0.450 e. The van der Waals surface area contributed by atoms with Gasteiger partial charge in [-0.25, -0.2) is 4.98 Å². The molecule has 0 saturated carbocycles. The van der Waals surface area contributed by atoms with Crippen LogP contribution in [0.15, 0.2) is 31.7 Å². The summed E-state index contributed by atoms with van der Waals surface area (Å²) >= 11 is 2.23. The first-order valence-electron chi connectivity index (χ1n) is 9.23. The van der Waals surface area contributed by atoms with E-state index < -0.39 is 0 Å². The lowest BCUT2D eigenvalue weighted by atomic mass is 10.2. The highest BCUT2D eigenvalue weighted by atomic mass is 32.2. The fourth-order valence-electron chi connectivity index (χ4n) is 3.21. The van der Waals surface area contributed by atoms with Crippen LogP contribution in [-0.2, 0) is 16.1 Å². The van der Waals surface area contributed by atoms with Gasteiger partial charge in [-0.3, -0.25) is 14.5 Å². The molecule has 0 N–H and O–H groups in total. The highest BCUT2D eigenvalue weighted by molar-refractivity contribution is 8.18. The number of hydrogen-bond acceptors (Lipinski definition) is 7. The topological polar surface area (TPSA) is 85.4 Å². The van der Waals surface area contributed by atoms with E-state index in [9.17, 15) is 14.4 Å². The average molecular weight is 430 g/mol. The molecule has 7 nitrogen and oxygen atoms in total. The van der Waals surface area contributed by atoms with E-state index in [1.807, 2.05) is 4.57 Å². The maximum atomic E-state index is 12.4. The largest absolute Gasteiger partial charge is 0.450 e. The summed E-state index contributed by atoms with van der Waals surface area (Å²) in [6, 6.07) is 3.35. The van der Waals surface area contributed by atoms with Gasteiger partial charge in [0.2, 0.25) is 0 Å². The third-order valence-electron chi connectivity index (χ3n) is 4.51. The van der Waals surface area contributed by atoms with Crippen molar-refractivity contribution in [1.82, 2.24) is 14.5 Å². The third kappa shape index (κ3) is 3.84. The van der Waals surface area contributed by atoms with Gasteiger partial charge in [-0.2, -0.15) is 0 Å². The van der Waals surface area contributed by atoms with Gasteiger partial charge in [0.05, 0.1) is 22.1 Å². The van der Waals surface area contributed by atoms with Gasteiger partial charge >= 0.3 is 0 Å². The van der Waals surface area contributed by atoms with Crippen LogP contribution in [-0.4, -0.2) is 37.9 Å². The molecule has 2 aromatic heterocycles. The smallest absolute Gasteiger partial charge is 0.293 e. The molecule has 3 heterocycles. The molecule has 1 aliphatic carbocycles. The highest BCUT2D eigenvalue weighted by Crippen LogP contribution is 2.35. The van der Waals surface area contributed by atoms with Crippen molar-refractivity contribution in [3.8, 4) is 0 Å². The van der Waals surface area contributed by atoms with Gasteiger partial charge < -0.3 is 13.8 Å². The van der Waals surface area contributed by atoms with E-state index in [1.165, 1.54) is 16.7 Å². The number of imidazole rings is 1. The fraction of sp³-hybridized carbons (Fsp3) is 0.300. The first-order chi connectivity index (χ1) is 14.0. The number of imide groups is 1. The molecule has 2 amide bonds. The van der Waals surface area contributed by atoms with Gasteiger partial charge in [0, 0.05) is 12.1 Å². The number of aromatic nitrogens is 2. The lowest BCUT2D eigenvalue weighted by Gasteiger charge is -2.16. The van der Waals surface area contributed by atoms with E-state index >= 15 is 0 Å². The van der Waals surface area contributed by atoms with Crippen molar-refractivity contribution in [3.05, 3.63) is 33.5 Å². The molecule has 0 spiro atoms. The number of amides is 2. The van der Waals surface area contributed by atoms with E-state index in [0.29, 0.717) is 20.9 Å². The lowest BCUT2D eigenvalue weighted by Crippen LogP contribution is -2.34. The van der Waals surface area contributed by atoms with Gasteiger partial charge in [0.15, 0.2) is 10.2 Å². The van der Waals surface area contributed by atoms with Crippen LogP contribution in [0.2, 0.25) is 0 Å². The molecule has 1 saturated heterocycles. The van der Waals surface area contributed by atoms with E-state index in [0.717, 1.165) is 41.6 Å². The van der Waals surface area contributed by atoms with Gasteiger partial charge in [-0.1, -0.05) is 12.2 Å². The third-order valence-corrected chi connectivity index (χ3v) is 6.31. The summed E-state index contributed by atoms with van der Waals surface area (Å²) in [5.41, 5.74) is 0. The first-order valence-corrected chi connectivity index (χ1v) is 10.9. The van der Waals surface area contributed by atoms with Gasteiger partial charge in [0.25, 0.3) is 11.1 Å². The second-order valence-electron chi connectivity index (χ2n) is 6.83. The molecular formula is C20H19N3O4S2. The Morgan fingerprint density at radius 2 is 2.07 bits per heavy atom. The maximum Gasteiger partial charge on any atom is 0.293 e. The Labute approximate surface area is 175 Å². The van der Waals surface area contributed by atoms with E-state index in [-0.39, 0.29) is 23.7 Å². The summed E-state index contributed by atoms with van der Waals surface area (Å²) in [5, 5.41) is 2.84. The standard InChI is InChI=1S/C20H19N3O4S2/c1-12(2)23-18(25)16(28-20(23)26)11-13-7-8-17(27-13)29-19-21-14-5-3-4-6-15(14)22(19)9-10-24/h5-8,10-12H,3-4,9H2,1-2H3/b16-11-. The minimum absolute atomic E-state index is 0.188.